The zero-order valence-electron chi connectivity index (χ0n) is 7.27. The van der Waals surface area contributed by atoms with Gasteiger partial charge in [0.15, 0.2) is 0 Å². The molecule has 2 N–H and O–H groups in total. The van der Waals surface area contributed by atoms with Crippen molar-refractivity contribution in [1.82, 2.24) is 9.55 Å². The summed E-state index contributed by atoms with van der Waals surface area (Å²) in [5.74, 6) is 1.17. The summed E-state index contributed by atoms with van der Waals surface area (Å²) in [4.78, 5) is 6.26. The van der Waals surface area contributed by atoms with Crippen LogP contribution in [0.4, 0.5) is 5.82 Å². The summed E-state index contributed by atoms with van der Waals surface area (Å²) in [6, 6.07) is 0.287. The first-order valence-electron chi connectivity index (χ1n) is 4.24. The molecule has 1 aromatic heterocycles. The molecule has 2 heterocycles. The quantitative estimate of drug-likeness (QED) is 0.592. The van der Waals surface area contributed by atoms with E-state index in [1.807, 2.05) is 12.5 Å². The average molecular weight is 166 g/mol. The van der Waals surface area contributed by atoms with Gasteiger partial charge in [0, 0.05) is 26.2 Å². The minimum Gasteiger partial charge on any atom is -0.358 e. The third-order valence-electron chi connectivity index (χ3n) is 2.33. The topological polar surface area (TPSA) is 47.1 Å². The first-order valence-corrected chi connectivity index (χ1v) is 4.24. The zero-order chi connectivity index (χ0) is 8.55. The lowest BCUT2D eigenvalue weighted by Gasteiger charge is -2.18. The van der Waals surface area contributed by atoms with E-state index >= 15 is 0 Å². The number of hydrogen-bond acceptors (Lipinski definition) is 3. The van der Waals surface area contributed by atoms with Gasteiger partial charge in [0.25, 0.3) is 0 Å². The summed E-state index contributed by atoms with van der Waals surface area (Å²) in [6.45, 7) is 1.91. The minimum absolute atomic E-state index is 0.287. The maximum absolute atomic E-state index is 5.89. The van der Waals surface area contributed by atoms with Crippen LogP contribution in [0.1, 0.15) is 6.42 Å². The molecule has 1 aliphatic heterocycles. The van der Waals surface area contributed by atoms with Crippen LogP contribution in [0.5, 0.6) is 0 Å². The summed E-state index contributed by atoms with van der Waals surface area (Å²) < 4.78 is 2.15. The SMILES string of the molecule is CN1CC(N)CCn2cncc21. The van der Waals surface area contributed by atoms with Gasteiger partial charge in [0.1, 0.15) is 5.82 Å². The van der Waals surface area contributed by atoms with Crippen LogP contribution in [0.3, 0.4) is 0 Å². The van der Waals surface area contributed by atoms with Crippen LogP contribution in [0, 0.1) is 0 Å². The van der Waals surface area contributed by atoms with Crippen molar-refractivity contribution < 1.29 is 0 Å². The highest BCUT2D eigenvalue weighted by Gasteiger charge is 2.15. The van der Waals surface area contributed by atoms with E-state index in [1.54, 1.807) is 0 Å². The highest BCUT2D eigenvalue weighted by Crippen LogP contribution is 2.16. The second kappa shape index (κ2) is 2.79. The molecule has 0 saturated carbocycles. The Morgan fingerprint density at radius 3 is 3.33 bits per heavy atom. The number of aryl methyl sites for hydroxylation is 1. The van der Waals surface area contributed by atoms with E-state index < -0.39 is 0 Å². The van der Waals surface area contributed by atoms with E-state index in [4.69, 9.17) is 5.73 Å². The maximum atomic E-state index is 5.89. The number of hydrogen-bond donors (Lipinski definition) is 1. The lowest BCUT2D eigenvalue weighted by molar-refractivity contribution is 0.576. The number of nitrogens with two attached hydrogens (primary N) is 1. The Bertz CT molecular complexity index is 268. The predicted octanol–water partition coefficient (Wildman–Crippen LogP) is 0.0503. The van der Waals surface area contributed by atoms with Gasteiger partial charge in [-0.05, 0) is 6.42 Å². The number of likely N-dealkylation sites (N-methyl/N-ethyl adjacent to an activating group) is 1. The van der Waals surface area contributed by atoms with E-state index in [9.17, 15) is 0 Å². The van der Waals surface area contributed by atoms with Crippen LogP contribution in [0.2, 0.25) is 0 Å². The third kappa shape index (κ3) is 1.18. The van der Waals surface area contributed by atoms with Crippen LogP contribution in [0.25, 0.3) is 0 Å². The summed E-state index contributed by atoms with van der Waals surface area (Å²) in [7, 11) is 2.05. The predicted molar refractivity (Wildman–Crippen MR) is 48.1 cm³/mol. The van der Waals surface area contributed by atoms with Crippen molar-refractivity contribution in [3.63, 3.8) is 0 Å². The number of fused-ring (bicyclic) bond motifs is 1. The van der Waals surface area contributed by atoms with Crippen LogP contribution in [-0.4, -0.2) is 29.2 Å². The molecular weight excluding hydrogens is 152 g/mol. The van der Waals surface area contributed by atoms with Crippen LogP contribution < -0.4 is 10.6 Å². The van der Waals surface area contributed by atoms with Crippen LogP contribution in [-0.2, 0) is 6.54 Å². The van der Waals surface area contributed by atoms with E-state index in [0.717, 1.165) is 19.5 Å². The maximum Gasteiger partial charge on any atom is 0.128 e. The Morgan fingerprint density at radius 2 is 2.50 bits per heavy atom. The lowest BCUT2D eigenvalue weighted by atomic mass is 10.2. The van der Waals surface area contributed by atoms with E-state index in [1.165, 1.54) is 5.82 Å². The molecule has 1 atom stereocenters. The minimum atomic E-state index is 0.287. The standard InChI is InChI=1S/C8H14N4/c1-11-5-7(9)2-3-12-6-10-4-8(11)12/h4,6-7H,2-3,5,9H2,1H3. The van der Waals surface area contributed by atoms with Gasteiger partial charge >= 0.3 is 0 Å². The fourth-order valence-corrected chi connectivity index (χ4v) is 1.65. The van der Waals surface area contributed by atoms with Crippen molar-refractivity contribution in [3.8, 4) is 0 Å². The largest absolute Gasteiger partial charge is 0.358 e. The average Bonchev–Trinajstić information content (AvgIpc) is 2.43. The molecule has 0 bridgehead atoms. The van der Waals surface area contributed by atoms with Crippen molar-refractivity contribution in [1.29, 1.82) is 0 Å². The van der Waals surface area contributed by atoms with Crippen molar-refractivity contribution in [2.24, 2.45) is 5.73 Å². The van der Waals surface area contributed by atoms with E-state index in [2.05, 4.69) is 21.5 Å². The van der Waals surface area contributed by atoms with Gasteiger partial charge in [-0.25, -0.2) is 4.98 Å². The lowest BCUT2D eigenvalue weighted by Crippen LogP contribution is -2.33. The summed E-state index contributed by atoms with van der Waals surface area (Å²) in [5, 5.41) is 0. The van der Waals surface area contributed by atoms with Crippen molar-refractivity contribution in [3.05, 3.63) is 12.5 Å². The molecule has 1 aromatic rings. The van der Waals surface area contributed by atoms with E-state index in [0.29, 0.717) is 0 Å². The molecule has 0 aromatic carbocycles. The molecule has 0 aliphatic carbocycles. The Hall–Kier alpha value is -1.03. The molecule has 66 valence electrons. The van der Waals surface area contributed by atoms with Crippen molar-refractivity contribution >= 4 is 5.82 Å². The zero-order valence-corrected chi connectivity index (χ0v) is 7.27. The Morgan fingerprint density at radius 1 is 1.67 bits per heavy atom. The molecule has 12 heavy (non-hydrogen) atoms. The molecule has 1 aliphatic rings. The highest BCUT2D eigenvalue weighted by molar-refractivity contribution is 5.37. The molecule has 1 unspecified atom stereocenters. The number of anilines is 1. The normalized spacial score (nSPS) is 23.5. The van der Waals surface area contributed by atoms with Gasteiger partial charge < -0.3 is 15.2 Å². The summed E-state index contributed by atoms with van der Waals surface area (Å²) in [6.07, 6.45) is 4.79. The van der Waals surface area contributed by atoms with Crippen LogP contribution >= 0.6 is 0 Å². The molecule has 0 saturated heterocycles. The van der Waals surface area contributed by atoms with Gasteiger partial charge in [0.05, 0.1) is 12.5 Å². The van der Waals surface area contributed by atoms with E-state index in [-0.39, 0.29) is 6.04 Å². The fourth-order valence-electron chi connectivity index (χ4n) is 1.65. The first kappa shape index (κ1) is 7.61. The fraction of sp³-hybridized carbons (Fsp3) is 0.625. The summed E-state index contributed by atoms with van der Waals surface area (Å²) in [5.41, 5.74) is 5.89. The monoisotopic (exact) mass is 166 g/mol. The highest BCUT2D eigenvalue weighted by atomic mass is 15.3. The Kier molecular flexibility index (Phi) is 1.77. The Balaban J connectivity index is 2.29. The number of nitrogens with zero attached hydrogens (tertiary/aromatic N) is 3. The van der Waals surface area contributed by atoms with Crippen LogP contribution in [0.15, 0.2) is 12.5 Å². The van der Waals surface area contributed by atoms with Gasteiger partial charge in [0.2, 0.25) is 0 Å². The molecule has 0 radical (unpaired) electrons. The molecule has 4 nitrogen and oxygen atoms in total. The number of rotatable bonds is 0. The third-order valence-corrected chi connectivity index (χ3v) is 2.33. The second-order valence-electron chi connectivity index (χ2n) is 3.37. The van der Waals surface area contributed by atoms with Gasteiger partial charge in [-0.2, -0.15) is 0 Å². The smallest absolute Gasteiger partial charge is 0.128 e. The van der Waals surface area contributed by atoms with Crippen molar-refractivity contribution in [2.75, 3.05) is 18.5 Å². The molecule has 0 fully saturated rings. The van der Waals surface area contributed by atoms with Crippen molar-refractivity contribution in [2.45, 2.75) is 19.0 Å². The first-order chi connectivity index (χ1) is 5.77. The number of imidazole rings is 1. The molecule has 0 amide bonds. The van der Waals surface area contributed by atoms with Gasteiger partial charge in [-0.3, -0.25) is 0 Å². The second-order valence-corrected chi connectivity index (χ2v) is 3.37. The Labute approximate surface area is 72.0 Å². The molecule has 2 rings (SSSR count). The molecule has 0 spiro atoms. The van der Waals surface area contributed by atoms with Gasteiger partial charge in [-0.15, -0.1) is 0 Å². The van der Waals surface area contributed by atoms with Gasteiger partial charge in [-0.1, -0.05) is 0 Å². The molecule has 4 heteroatoms. The summed E-state index contributed by atoms with van der Waals surface area (Å²) >= 11 is 0. The number of aromatic nitrogens is 2. The molecular formula is C8H14N4.